The zero-order chi connectivity index (χ0) is 19.3. The highest BCUT2D eigenvalue weighted by atomic mass is 19.1. The Hall–Kier alpha value is -3.15. The summed E-state index contributed by atoms with van der Waals surface area (Å²) in [6.45, 7) is 0.640. The Bertz CT molecular complexity index is 942. The van der Waals surface area contributed by atoms with Crippen molar-refractivity contribution in [1.29, 1.82) is 0 Å². The average molecular weight is 380 g/mol. The Kier molecular flexibility index (Phi) is 5.37. The third-order valence-corrected chi connectivity index (χ3v) is 4.80. The number of carbonyl (C=O) groups excluding carboxylic acids is 1. The predicted octanol–water partition coefficient (Wildman–Crippen LogP) is 4.15. The van der Waals surface area contributed by atoms with Crippen LogP contribution in [0.25, 0.3) is 0 Å². The number of hydrogen-bond acceptors (Lipinski definition) is 4. The van der Waals surface area contributed by atoms with Gasteiger partial charge in [-0.3, -0.25) is 4.79 Å². The Morgan fingerprint density at radius 2 is 2.07 bits per heavy atom. The summed E-state index contributed by atoms with van der Waals surface area (Å²) in [5.74, 6) is 1.48. The molecular formula is C22H21FN2O3. The van der Waals surface area contributed by atoms with E-state index in [9.17, 15) is 9.18 Å². The molecule has 1 amide bonds. The molecule has 0 aliphatic carbocycles. The first-order valence-electron chi connectivity index (χ1n) is 9.35. The van der Waals surface area contributed by atoms with Gasteiger partial charge in [0.15, 0.2) is 6.61 Å². The van der Waals surface area contributed by atoms with Gasteiger partial charge in [-0.1, -0.05) is 30.3 Å². The summed E-state index contributed by atoms with van der Waals surface area (Å²) in [6, 6.07) is 15.5. The van der Waals surface area contributed by atoms with E-state index in [-0.39, 0.29) is 24.4 Å². The van der Waals surface area contributed by atoms with Crippen molar-refractivity contribution in [2.24, 2.45) is 0 Å². The van der Waals surface area contributed by atoms with Gasteiger partial charge in [0.1, 0.15) is 23.4 Å². The molecule has 4 rings (SSSR count). The van der Waals surface area contributed by atoms with Crippen molar-refractivity contribution in [1.82, 2.24) is 9.88 Å². The van der Waals surface area contributed by atoms with E-state index < -0.39 is 0 Å². The molecule has 1 fully saturated rings. The molecule has 28 heavy (non-hydrogen) atoms. The minimum atomic E-state index is -0.275. The van der Waals surface area contributed by atoms with Crippen molar-refractivity contribution < 1.29 is 18.3 Å². The van der Waals surface area contributed by atoms with Gasteiger partial charge in [-0.25, -0.2) is 9.37 Å². The number of likely N-dealkylation sites (tertiary alicyclic amines) is 1. The topological polar surface area (TPSA) is 55.6 Å². The molecule has 5 nitrogen and oxygen atoms in total. The molecule has 144 valence electrons. The van der Waals surface area contributed by atoms with Gasteiger partial charge in [0, 0.05) is 13.0 Å². The highest BCUT2D eigenvalue weighted by molar-refractivity contribution is 5.78. The largest absolute Gasteiger partial charge is 0.484 e. The van der Waals surface area contributed by atoms with E-state index in [1.807, 2.05) is 36.4 Å². The fraction of sp³-hybridized carbons (Fsp3) is 0.273. The van der Waals surface area contributed by atoms with Crippen LogP contribution >= 0.6 is 0 Å². The van der Waals surface area contributed by atoms with E-state index in [4.69, 9.17) is 9.15 Å². The molecule has 1 aliphatic heterocycles. The van der Waals surface area contributed by atoms with Gasteiger partial charge in [-0.2, -0.15) is 0 Å². The van der Waals surface area contributed by atoms with Crippen LogP contribution in [0.15, 0.2) is 65.2 Å². The number of amides is 1. The summed E-state index contributed by atoms with van der Waals surface area (Å²) < 4.78 is 24.8. The lowest BCUT2D eigenvalue weighted by molar-refractivity contribution is -0.134. The molecule has 0 unspecified atom stereocenters. The summed E-state index contributed by atoms with van der Waals surface area (Å²) in [7, 11) is 0. The van der Waals surface area contributed by atoms with E-state index in [1.165, 1.54) is 12.1 Å². The maximum absolute atomic E-state index is 13.4. The van der Waals surface area contributed by atoms with Crippen molar-refractivity contribution in [2.45, 2.75) is 25.3 Å². The predicted molar refractivity (Wildman–Crippen MR) is 101 cm³/mol. The molecule has 0 spiro atoms. The minimum absolute atomic E-state index is 0.0165. The van der Waals surface area contributed by atoms with Crippen LogP contribution in [0.4, 0.5) is 4.39 Å². The normalized spacial score (nSPS) is 16.3. The van der Waals surface area contributed by atoms with Crippen molar-refractivity contribution >= 4 is 5.91 Å². The number of hydrogen-bond donors (Lipinski definition) is 0. The minimum Gasteiger partial charge on any atom is -0.484 e. The van der Waals surface area contributed by atoms with Crippen molar-refractivity contribution in [3.63, 3.8) is 0 Å². The van der Waals surface area contributed by atoms with Gasteiger partial charge >= 0.3 is 0 Å². The van der Waals surface area contributed by atoms with Gasteiger partial charge in [0.25, 0.3) is 5.91 Å². The third kappa shape index (κ3) is 4.22. The second-order valence-corrected chi connectivity index (χ2v) is 6.82. The summed E-state index contributed by atoms with van der Waals surface area (Å²) in [5, 5.41) is 0. The number of aromatic nitrogens is 1. The third-order valence-electron chi connectivity index (χ3n) is 4.80. The first-order chi connectivity index (χ1) is 13.7. The van der Waals surface area contributed by atoms with Crippen LogP contribution in [0.5, 0.6) is 5.75 Å². The standard InChI is InChI=1S/C22H21FN2O3/c23-17-7-4-6-16(12-17)13-19-14-24-22(28-19)20-10-5-11-25(20)21(26)15-27-18-8-2-1-3-9-18/h1-4,6-9,12,14,20H,5,10-11,13,15H2/t20-/m1/s1. The van der Waals surface area contributed by atoms with Crippen LogP contribution in [0, 0.1) is 5.82 Å². The average Bonchev–Trinajstić information content (AvgIpc) is 3.36. The maximum atomic E-state index is 13.4. The molecule has 0 radical (unpaired) electrons. The highest BCUT2D eigenvalue weighted by Crippen LogP contribution is 2.32. The Labute approximate surface area is 162 Å². The van der Waals surface area contributed by atoms with Crippen LogP contribution in [0.1, 0.15) is 36.1 Å². The Balaban J connectivity index is 1.40. The first-order valence-corrected chi connectivity index (χ1v) is 9.35. The number of rotatable bonds is 6. The van der Waals surface area contributed by atoms with Gasteiger partial charge < -0.3 is 14.1 Å². The van der Waals surface area contributed by atoms with Crippen LogP contribution in [-0.2, 0) is 11.2 Å². The molecule has 1 saturated heterocycles. The molecule has 3 aromatic rings. The van der Waals surface area contributed by atoms with Crippen molar-refractivity contribution in [3.8, 4) is 5.75 Å². The zero-order valence-corrected chi connectivity index (χ0v) is 15.4. The SMILES string of the molecule is O=C(COc1ccccc1)N1CCC[C@@H]1c1ncc(Cc2cccc(F)c2)o1. The first kappa shape index (κ1) is 18.2. The van der Waals surface area contributed by atoms with E-state index >= 15 is 0 Å². The van der Waals surface area contributed by atoms with Gasteiger partial charge in [-0.05, 0) is 42.7 Å². The van der Waals surface area contributed by atoms with E-state index in [0.717, 1.165) is 18.4 Å². The Morgan fingerprint density at radius 3 is 2.89 bits per heavy atom. The zero-order valence-electron chi connectivity index (χ0n) is 15.4. The molecular weight excluding hydrogens is 359 g/mol. The monoisotopic (exact) mass is 380 g/mol. The van der Waals surface area contributed by atoms with E-state index in [0.29, 0.717) is 30.4 Å². The number of para-hydroxylation sites is 1. The number of oxazole rings is 1. The summed E-state index contributed by atoms with van der Waals surface area (Å²) in [6.07, 6.45) is 3.81. The van der Waals surface area contributed by atoms with Gasteiger partial charge in [0.2, 0.25) is 5.89 Å². The van der Waals surface area contributed by atoms with Gasteiger partial charge in [0.05, 0.1) is 6.20 Å². The van der Waals surface area contributed by atoms with Crippen LogP contribution in [0.3, 0.4) is 0 Å². The smallest absolute Gasteiger partial charge is 0.261 e. The number of ether oxygens (including phenoxy) is 1. The summed E-state index contributed by atoms with van der Waals surface area (Å²) in [5.41, 5.74) is 0.818. The fourth-order valence-corrected chi connectivity index (χ4v) is 3.47. The molecule has 0 bridgehead atoms. The Morgan fingerprint density at radius 1 is 1.21 bits per heavy atom. The van der Waals surface area contributed by atoms with Crippen LogP contribution < -0.4 is 4.74 Å². The number of benzene rings is 2. The molecule has 0 saturated carbocycles. The quantitative estimate of drug-likeness (QED) is 0.645. The lowest BCUT2D eigenvalue weighted by atomic mass is 10.1. The maximum Gasteiger partial charge on any atom is 0.261 e. The van der Waals surface area contributed by atoms with Crippen LogP contribution in [-0.4, -0.2) is 28.9 Å². The number of halogens is 1. The molecule has 0 N–H and O–H groups in total. The molecule has 1 aliphatic rings. The highest BCUT2D eigenvalue weighted by Gasteiger charge is 2.33. The molecule has 1 aromatic heterocycles. The lowest BCUT2D eigenvalue weighted by Gasteiger charge is -2.22. The van der Waals surface area contributed by atoms with Crippen molar-refractivity contribution in [3.05, 3.63) is 83.8 Å². The second kappa shape index (κ2) is 8.25. The molecule has 6 heteroatoms. The summed E-state index contributed by atoms with van der Waals surface area (Å²) in [4.78, 5) is 18.8. The second-order valence-electron chi connectivity index (χ2n) is 6.82. The van der Waals surface area contributed by atoms with Crippen LogP contribution in [0.2, 0.25) is 0 Å². The molecule has 1 atom stereocenters. The lowest BCUT2D eigenvalue weighted by Crippen LogP contribution is -2.34. The van der Waals surface area contributed by atoms with E-state index in [1.54, 1.807) is 17.2 Å². The molecule has 2 heterocycles. The van der Waals surface area contributed by atoms with Crippen molar-refractivity contribution in [2.75, 3.05) is 13.2 Å². The summed E-state index contributed by atoms with van der Waals surface area (Å²) >= 11 is 0. The number of nitrogens with zero attached hydrogens (tertiary/aromatic N) is 2. The van der Waals surface area contributed by atoms with Gasteiger partial charge in [-0.15, -0.1) is 0 Å². The van der Waals surface area contributed by atoms with E-state index in [2.05, 4.69) is 4.98 Å². The molecule has 2 aromatic carbocycles. The fourth-order valence-electron chi connectivity index (χ4n) is 3.47. The number of carbonyl (C=O) groups is 1.